The van der Waals surface area contributed by atoms with Gasteiger partial charge in [0.15, 0.2) is 0 Å². The van der Waals surface area contributed by atoms with Gasteiger partial charge in [-0.25, -0.2) is 4.79 Å². The molecule has 2 aromatic carbocycles. The van der Waals surface area contributed by atoms with Crippen molar-refractivity contribution in [2.75, 3.05) is 12.4 Å². The lowest BCUT2D eigenvalue weighted by molar-refractivity contribution is 0.0696. The zero-order valence-electron chi connectivity index (χ0n) is 15.5. The molecular formula is C22H20N2O4. The van der Waals surface area contributed by atoms with Crippen LogP contribution in [-0.4, -0.2) is 29.1 Å². The van der Waals surface area contributed by atoms with E-state index in [1.54, 1.807) is 12.1 Å². The summed E-state index contributed by atoms with van der Waals surface area (Å²) >= 11 is 0. The summed E-state index contributed by atoms with van der Waals surface area (Å²) in [6.45, 7) is 0.261. The summed E-state index contributed by atoms with van der Waals surface area (Å²) < 4.78 is 5.11. The minimum atomic E-state index is -1.05. The summed E-state index contributed by atoms with van der Waals surface area (Å²) in [5, 5.41) is 13.1. The van der Waals surface area contributed by atoms with Crippen molar-refractivity contribution in [2.45, 2.75) is 25.9 Å². The number of nitrogens with one attached hydrogen (secondary N) is 1. The van der Waals surface area contributed by atoms with Crippen molar-refractivity contribution in [1.29, 1.82) is 0 Å². The van der Waals surface area contributed by atoms with Gasteiger partial charge in [0, 0.05) is 23.9 Å². The minimum Gasteiger partial charge on any atom is -0.478 e. The molecule has 1 aliphatic carbocycles. The van der Waals surface area contributed by atoms with Crippen molar-refractivity contribution < 1.29 is 19.4 Å². The van der Waals surface area contributed by atoms with Crippen LogP contribution in [0.4, 0.5) is 5.69 Å². The van der Waals surface area contributed by atoms with Crippen LogP contribution in [0, 0.1) is 0 Å². The van der Waals surface area contributed by atoms with Gasteiger partial charge in [-0.3, -0.25) is 9.78 Å². The Morgan fingerprint density at radius 3 is 2.79 bits per heavy atom. The van der Waals surface area contributed by atoms with Crippen LogP contribution >= 0.6 is 0 Å². The number of rotatable bonds is 5. The van der Waals surface area contributed by atoms with Crippen LogP contribution in [0.1, 0.15) is 44.0 Å². The van der Waals surface area contributed by atoms with Gasteiger partial charge in [-0.1, -0.05) is 18.2 Å². The quantitative estimate of drug-likeness (QED) is 0.707. The summed E-state index contributed by atoms with van der Waals surface area (Å²) in [5.41, 5.74) is 4.62. The first-order chi connectivity index (χ1) is 13.6. The molecule has 6 heteroatoms. The number of ether oxygens (including phenoxy) is 1. The Labute approximate surface area is 162 Å². The molecule has 4 rings (SSSR count). The zero-order chi connectivity index (χ0) is 19.7. The first-order valence-corrected chi connectivity index (χ1v) is 9.15. The summed E-state index contributed by atoms with van der Waals surface area (Å²) in [6.07, 6.45) is 2.67. The highest BCUT2D eigenvalue weighted by Gasteiger charge is 2.24. The molecule has 1 aromatic heterocycles. The number of benzene rings is 2. The highest BCUT2D eigenvalue weighted by molar-refractivity contribution is 6.14. The highest BCUT2D eigenvalue weighted by Crippen LogP contribution is 2.30. The first kappa shape index (κ1) is 18.1. The molecule has 1 heterocycles. The molecule has 0 fully saturated rings. The number of carboxylic acids is 1. The van der Waals surface area contributed by atoms with E-state index >= 15 is 0 Å². The molecular weight excluding hydrogens is 356 g/mol. The molecule has 0 atom stereocenters. The van der Waals surface area contributed by atoms with E-state index in [1.165, 1.54) is 13.2 Å². The monoisotopic (exact) mass is 376 g/mol. The van der Waals surface area contributed by atoms with E-state index in [4.69, 9.17) is 9.72 Å². The molecule has 28 heavy (non-hydrogen) atoms. The van der Waals surface area contributed by atoms with Gasteiger partial charge >= 0.3 is 5.97 Å². The maximum absolute atomic E-state index is 13.2. The number of hydrogen-bond acceptors (Lipinski definition) is 4. The molecule has 0 aliphatic heterocycles. The molecule has 3 aromatic rings. The molecule has 0 unspecified atom stereocenters. The third kappa shape index (κ3) is 3.34. The van der Waals surface area contributed by atoms with Gasteiger partial charge in [-0.05, 0) is 54.7 Å². The molecule has 0 radical (unpaired) electrons. The second kappa shape index (κ2) is 7.40. The molecule has 0 saturated heterocycles. The van der Waals surface area contributed by atoms with Gasteiger partial charge in [0.1, 0.15) is 0 Å². The molecule has 0 saturated carbocycles. The van der Waals surface area contributed by atoms with Gasteiger partial charge in [0.25, 0.3) is 5.91 Å². The number of carbonyl (C=O) groups excluding carboxylic acids is 1. The SMILES string of the molecule is COCc1cc(NC(=O)c2c3c(nc4ccccc24)CCC3)cc(C(=O)O)c1. The van der Waals surface area contributed by atoms with Crippen LogP contribution in [0.3, 0.4) is 0 Å². The summed E-state index contributed by atoms with van der Waals surface area (Å²) in [5.74, 6) is -1.30. The second-order valence-corrected chi connectivity index (χ2v) is 6.89. The number of pyridine rings is 1. The average Bonchev–Trinajstić information content (AvgIpc) is 3.13. The smallest absolute Gasteiger partial charge is 0.335 e. The Morgan fingerprint density at radius 1 is 1.18 bits per heavy atom. The van der Waals surface area contributed by atoms with Crippen LogP contribution in [0.15, 0.2) is 42.5 Å². The van der Waals surface area contributed by atoms with E-state index in [0.29, 0.717) is 16.8 Å². The number of carboxylic acid groups (broad SMARTS) is 1. The fourth-order valence-electron chi connectivity index (χ4n) is 3.80. The van der Waals surface area contributed by atoms with Crippen LogP contribution < -0.4 is 5.32 Å². The lowest BCUT2D eigenvalue weighted by atomic mass is 10.00. The van der Waals surface area contributed by atoms with Gasteiger partial charge in [0.2, 0.25) is 0 Å². The largest absolute Gasteiger partial charge is 0.478 e. The van der Waals surface area contributed by atoms with E-state index < -0.39 is 5.97 Å². The number of aromatic nitrogens is 1. The molecule has 2 N–H and O–H groups in total. The fraction of sp³-hybridized carbons (Fsp3) is 0.227. The topological polar surface area (TPSA) is 88.5 Å². The molecule has 6 nitrogen and oxygen atoms in total. The van der Waals surface area contributed by atoms with E-state index in [-0.39, 0.29) is 18.1 Å². The Morgan fingerprint density at radius 2 is 2.00 bits per heavy atom. The lowest BCUT2D eigenvalue weighted by Gasteiger charge is -2.14. The summed E-state index contributed by atoms with van der Waals surface area (Å²) in [6, 6.07) is 12.4. The minimum absolute atomic E-state index is 0.106. The van der Waals surface area contributed by atoms with Crippen LogP contribution in [0.2, 0.25) is 0 Å². The highest BCUT2D eigenvalue weighted by atomic mass is 16.5. The van der Waals surface area contributed by atoms with Crippen molar-refractivity contribution in [3.8, 4) is 0 Å². The number of aromatic carboxylic acids is 1. The number of carbonyl (C=O) groups is 2. The maximum Gasteiger partial charge on any atom is 0.335 e. The molecule has 1 amide bonds. The van der Waals surface area contributed by atoms with Crippen molar-refractivity contribution in [2.24, 2.45) is 0 Å². The number of nitrogens with zero attached hydrogens (tertiary/aromatic N) is 1. The number of fused-ring (bicyclic) bond motifs is 2. The number of methoxy groups -OCH3 is 1. The normalized spacial score (nSPS) is 12.8. The maximum atomic E-state index is 13.2. The number of hydrogen-bond donors (Lipinski definition) is 2. The number of anilines is 1. The average molecular weight is 376 g/mol. The van der Waals surface area contributed by atoms with Crippen LogP contribution in [0.5, 0.6) is 0 Å². The summed E-state index contributed by atoms with van der Waals surface area (Å²) in [7, 11) is 1.54. The zero-order valence-corrected chi connectivity index (χ0v) is 15.5. The van der Waals surface area contributed by atoms with Gasteiger partial charge in [-0.2, -0.15) is 0 Å². The summed E-state index contributed by atoms with van der Waals surface area (Å²) in [4.78, 5) is 29.4. The van der Waals surface area contributed by atoms with Crippen LogP contribution in [0.25, 0.3) is 10.9 Å². The van der Waals surface area contributed by atoms with E-state index in [9.17, 15) is 14.7 Å². The molecule has 142 valence electrons. The number of para-hydroxylation sites is 1. The third-order valence-electron chi connectivity index (χ3n) is 4.95. The van der Waals surface area contributed by atoms with Gasteiger partial charge in [0.05, 0.1) is 23.3 Å². The number of aryl methyl sites for hydroxylation is 1. The molecule has 0 spiro atoms. The number of amides is 1. The van der Waals surface area contributed by atoms with Crippen molar-refractivity contribution >= 4 is 28.5 Å². The van der Waals surface area contributed by atoms with Crippen molar-refractivity contribution in [3.05, 3.63) is 70.4 Å². The van der Waals surface area contributed by atoms with Crippen molar-refractivity contribution in [3.63, 3.8) is 0 Å². The van der Waals surface area contributed by atoms with E-state index in [0.717, 1.165) is 41.4 Å². The second-order valence-electron chi connectivity index (χ2n) is 6.89. The fourth-order valence-corrected chi connectivity index (χ4v) is 3.80. The predicted octanol–water partition coefficient (Wildman–Crippen LogP) is 3.82. The standard InChI is InChI=1S/C22H20N2O4/c1-28-12-13-9-14(22(26)27)11-15(10-13)23-21(25)20-16-5-2-3-7-18(16)24-19-8-4-6-17(19)20/h2-3,5,7,9-11H,4,6,8,12H2,1H3,(H,23,25)(H,26,27). The molecule has 0 bridgehead atoms. The van der Waals surface area contributed by atoms with Crippen molar-refractivity contribution in [1.82, 2.24) is 4.98 Å². The lowest BCUT2D eigenvalue weighted by Crippen LogP contribution is -2.16. The Balaban J connectivity index is 1.77. The van der Waals surface area contributed by atoms with Gasteiger partial charge < -0.3 is 15.2 Å². The van der Waals surface area contributed by atoms with Gasteiger partial charge in [-0.15, -0.1) is 0 Å². The molecule has 1 aliphatic rings. The predicted molar refractivity (Wildman–Crippen MR) is 106 cm³/mol. The van der Waals surface area contributed by atoms with E-state index in [2.05, 4.69) is 5.32 Å². The van der Waals surface area contributed by atoms with Crippen LogP contribution in [-0.2, 0) is 24.2 Å². The Kier molecular flexibility index (Phi) is 4.79. The first-order valence-electron chi connectivity index (χ1n) is 9.15. The van der Waals surface area contributed by atoms with E-state index in [1.807, 2.05) is 24.3 Å². The third-order valence-corrected chi connectivity index (χ3v) is 4.95. The Bertz CT molecular complexity index is 1090. The Hall–Kier alpha value is -3.25.